The second-order valence-electron chi connectivity index (χ2n) is 5.12. The normalized spacial score (nSPS) is 21.6. The summed E-state index contributed by atoms with van der Waals surface area (Å²) in [5.41, 5.74) is 0. The Bertz CT molecular complexity index is 447. The summed E-state index contributed by atoms with van der Waals surface area (Å²) >= 11 is 1.38. The van der Waals surface area contributed by atoms with Crippen LogP contribution in [0.3, 0.4) is 0 Å². The third-order valence-electron chi connectivity index (χ3n) is 3.48. The number of aliphatic hydroxyl groups excluding tert-OH is 1. The molecule has 2 unspecified atom stereocenters. The zero-order chi connectivity index (χ0) is 14.4. The van der Waals surface area contributed by atoms with Gasteiger partial charge in [0.05, 0.1) is 11.0 Å². The lowest BCUT2D eigenvalue weighted by molar-refractivity contribution is -0.121. The molecule has 2 atom stereocenters. The van der Waals surface area contributed by atoms with E-state index in [1.807, 2.05) is 11.4 Å². The molecule has 0 aliphatic heterocycles. The summed E-state index contributed by atoms with van der Waals surface area (Å²) in [5.74, 6) is 0.194. The molecule has 1 fully saturated rings. The summed E-state index contributed by atoms with van der Waals surface area (Å²) < 4.78 is 0. The monoisotopic (exact) mass is 296 g/mol. The molecule has 1 heterocycles. The summed E-state index contributed by atoms with van der Waals surface area (Å²) in [6.07, 6.45) is 2.65. The number of amides is 2. The lowest BCUT2D eigenvalue weighted by Gasteiger charge is -2.11. The average molecular weight is 296 g/mol. The molecule has 1 aliphatic carbocycles. The van der Waals surface area contributed by atoms with Crippen LogP contribution in [0.2, 0.25) is 0 Å². The molecule has 1 saturated carbocycles. The van der Waals surface area contributed by atoms with Crippen LogP contribution in [0.5, 0.6) is 0 Å². The van der Waals surface area contributed by atoms with E-state index in [1.54, 1.807) is 6.07 Å². The number of hydrogen-bond acceptors (Lipinski definition) is 4. The molecule has 1 aromatic heterocycles. The van der Waals surface area contributed by atoms with Gasteiger partial charge in [-0.15, -0.1) is 11.3 Å². The summed E-state index contributed by atoms with van der Waals surface area (Å²) in [4.78, 5) is 23.9. The van der Waals surface area contributed by atoms with Crippen molar-refractivity contribution in [2.45, 2.75) is 31.8 Å². The minimum absolute atomic E-state index is 0.0575. The van der Waals surface area contributed by atoms with Crippen molar-refractivity contribution in [3.63, 3.8) is 0 Å². The van der Waals surface area contributed by atoms with Crippen LogP contribution in [0.1, 0.15) is 35.4 Å². The van der Waals surface area contributed by atoms with Crippen molar-refractivity contribution in [2.75, 3.05) is 13.1 Å². The first-order valence-corrected chi connectivity index (χ1v) is 7.79. The van der Waals surface area contributed by atoms with Crippen LogP contribution < -0.4 is 10.6 Å². The quantitative estimate of drug-likeness (QED) is 0.737. The highest BCUT2D eigenvalue weighted by atomic mass is 32.1. The SMILES string of the molecule is O=C(CCNC(=O)c1cccs1)NCC1CCC(O)C1. The third kappa shape index (κ3) is 4.61. The fourth-order valence-corrected chi connectivity index (χ4v) is 3.01. The highest BCUT2D eigenvalue weighted by molar-refractivity contribution is 7.12. The average Bonchev–Trinajstić information content (AvgIpc) is 3.07. The van der Waals surface area contributed by atoms with E-state index in [1.165, 1.54) is 11.3 Å². The van der Waals surface area contributed by atoms with Crippen molar-refractivity contribution in [2.24, 2.45) is 5.92 Å². The second kappa shape index (κ2) is 7.40. The molecule has 0 bridgehead atoms. The van der Waals surface area contributed by atoms with Crippen LogP contribution in [0.15, 0.2) is 17.5 Å². The van der Waals surface area contributed by atoms with Crippen LogP contribution in [-0.2, 0) is 4.79 Å². The zero-order valence-corrected chi connectivity index (χ0v) is 12.1. The number of aliphatic hydroxyl groups is 1. The van der Waals surface area contributed by atoms with Gasteiger partial charge in [-0.25, -0.2) is 0 Å². The largest absolute Gasteiger partial charge is 0.393 e. The Balaban J connectivity index is 1.57. The highest BCUT2D eigenvalue weighted by Gasteiger charge is 2.22. The van der Waals surface area contributed by atoms with E-state index in [-0.39, 0.29) is 24.3 Å². The molecule has 0 aromatic carbocycles. The number of thiophene rings is 1. The topological polar surface area (TPSA) is 78.4 Å². The molecular formula is C14H20N2O3S. The Kier molecular flexibility index (Phi) is 5.55. The molecule has 0 spiro atoms. The van der Waals surface area contributed by atoms with E-state index in [0.29, 0.717) is 23.9 Å². The fraction of sp³-hybridized carbons (Fsp3) is 0.571. The van der Waals surface area contributed by atoms with Gasteiger partial charge in [-0.2, -0.15) is 0 Å². The van der Waals surface area contributed by atoms with E-state index >= 15 is 0 Å². The van der Waals surface area contributed by atoms with Crippen LogP contribution in [-0.4, -0.2) is 36.1 Å². The number of nitrogens with one attached hydrogen (secondary N) is 2. The molecule has 3 N–H and O–H groups in total. The van der Waals surface area contributed by atoms with Crippen LogP contribution in [0.25, 0.3) is 0 Å². The summed E-state index contributed by atoms with van der Waals surface area (Å²) in [6.45, 7) is 0.963. The molecule has 1 aliphatic rings. The van der Waals surface area contributed by atoms with Crippen molar-refractivity contribution < 1.29 is 14.7 Å². The van der Waals surface area contributed by atoms with Crippen LogP contribution in [0, 0.1) is 5.92 Å². The van der Waals surface area contributed by atoms with Crippen molar-refractivity contribution in [1.29, 1.82) is 0 Å². The summed E-state index contributed by atoms with van der Waals surface area (Å²) in [7, 11) is 0. The van der Waals surface area contributed by atoms with Gasteiger partial charge < -0.3 is 15.7 Å². The van der Waals surface area contributed by atoms with E-state index in [4.69, 9.17) is 0 Å². The molecule has 2 amide bonds. The molecular weight excluding hydrogens is 276 g/mol. The van der Waals surface area contributed by atoms with Gasteiger partial charge in [0.2, 0.25) is 5.91 Å². The smallest absolute Gasteiger partial charge is 0.261 e. The Morgan fingerprint density at radius 2 is 2.20 bits per heavy atom. The number of hydrogen-bond donors (Lipinski definition) is 3. The standard InChI is InChI=1S/C14H20N2O3S/c17-11-4-3-10(8-11)9-16-13(18)5-6-15-14(19)12-2-1-7-20-12/h1-2,7,10-11,17H,3-6,8-9H2,(H,15,19)(H,16,18). The molecule has 110 valence electrons. The number of carbonyl (C=O) groups excluding carboxylic acids is 2. The summed E-state index contributed by atoms with van der Waals surface area (Å²) in [6, 6.07) is 3.58. The lowest BCUT2D eigenvalue weighted by atomic mass is 10.1. The number of rotatable bonds is 6. The second-order valence-corrected chi connectivity index (χ2v) is 6.07. The van der Waals surface area contributed by atoms with Crippen LogP contribution >= 0.6 is 11.3 Å². The van der Waals surface area contributed by atoms with Crippen LogP contribution in [0.4, 0.5) is 0 Å². The molecule has 0 radical (unpaired) electrons. The van der Waals surface area contributed by atoms with E-state index in [2.05, 4.69) is 10.6 Å². The Morgan fingerprint density at radius 1 is 1.35 bits per heavy atom. The van der Waals surface area contributed by atoms with Gasteiger partial charge in [0.25, 0.3) is 5.91 Å². The molecule has 5 nitrogen and oxygen atoms in total. The Labute approximate surface area is 122 Å². The van der Waals surface area contributed by atoms with E-state index in [9.17, 15) is 14.7 Å². The maximum Gasteiger partial charge on any atom is 0.261 e. The van der Waals surface area contributed by atoms with Crippen molar-refractivity contribution >= 4 is 23.2 Å². The first kappa shape index (κ1) is 15.0. The lowest BCUT2D eigenvalue weighted by Crippen LogP contribution is -2.32. The Hall–Kier alpha value is -1.40. The molecule has 1 aromatic rings. The number of carbonyl (C=O) groups is 2. The molecule has 20 heavy (non-hydrogen) atoms. The van der Waals surface area contributed by atoms with Gasteiger partial charge in [0.1, 0.15) is 0 Å². The predicted molar refractivity (Wildman–Crippen MR) is 77.6 cm³/mol. The minimum Gasteiger partial charge on any atom is -0.393 e. The zero-order valence-electron chi connectivity index (χ0n) is 11.3. The van der Waals surface area contributed by atoms with Gasteiger partial charge in [0, 0.05) is 19.5 Å². The summed E-state index contributed by atoms with van der Waals surface area (Å²) in [5, 5.41) is 16.8. The first-order chi connectivity index (χ1) is 9.65. The van der Waals surface area contributed by atoms with Crippen molar-refractivity contribution in [3.05, 3.63) is 22.4 Å². The van der Waals surface area contributed by atoms with Gasteiger partial charge in [0.15, 0.2) is 0 Å². The van der Waals surface area contributed by atoms with Crippen molar-refractivity contribution in [1.82, 2.24) is 10.6 Å². The van der Waals surface area contributed by atoms with Gasteiger partial charge in [-0.05, 0) is 36.6 Å². The fourth-order valence-electron chi connectivity index (χ4n) is 2.36. The molecule has 6 heteroatoms. The van der Waals surface area contributed by atoms with Crippen molar-refractivity contribution in [3.8, 4) is 0 Å². The molecule has 2 rings (SSSR count). The van der Waals surface area contributed by atoms with Gasteiger partial charge >= 0.3 is 0 Å². The highest BCUT2D eigenvalue weighted by Crippen LogP contribution is 2.24. The minimum atomic E-state index is -0.206. The maximum absolute atomic E-state index is 11.6. The van der Waals surface area contributed by atoms with Gasteiger partial charge in [-0.1, -0.05) is 6.07 Å². The van der Waals surface area contributed by atoms with E-state index < -0.39 is 0 Å². The predicted octanol–water partition coefficient (Wildman–Crippen LogP) is 1.15. The third-order valence-corrected chi connectivity index (χ3v) is 4.35. The maximum atomic E-state index is 11.6. The molecule has 0 saturated heterocycles. The Morgan fingerprint density at radius 3 is 2.85 bits per heavy atom. The van der Waals surface area contributed by atoms with Gasteiger partial charge in [-0.3, -0.25) is 9.59 Å². The first-order valence-electron chi connectivity index (χ1n) is 6.91. The van der Waals surface area contributed by atoms with E-state index in [0.717, 1.165) is 19.3 Å².